The van der Waals surface area contributed by atoms with Crippen molar-refractivity contribution in [3.63, 3.8) is 0 Å². The van der Waals surface area contributed by atoms with Gasteiger partial charge in [0.25, 0.3) is 5.91 Å². The highest BCUT2D eigenvalue weighted by molar-refractivity contribution is 6.22. The maximum atomic E-state index is 13.5. The number of fused-ring (bicyclic) bond motifs is 1. The number of hydroxylamine groups is 2. The summed E-state index contributed by atoms with van der Waals surface area (Å²) in [6, 6.07) is 18.9. The van der Waals surface area contributed by atoms with E-state index in [0.717, 1.165) is 48.0 Å². The quantitative estimate of drug-likeness (QED) is 0.147. The molecule has 1 aliphatic rings. The van der Waals surface area contributed by atoms with Gasteiger partial charge < -0.3 is 15.0 Å². The minimum Gasteiger partial charge on any atom is -0.494 e. The third kappa shape index (κ3) is 5.73. The minimum atomic E-state index is -0.162. The van der Waals surface area contributed by atoms with Gasteiger partial charge >= 0.3 is 0 Å². The van der Waals surface area contributed by atoms with Crippen molar-refractivity contribution in [3.05, 3.63) is 94.0 Å². The van der Waals surface area contributed by atoms with Crippen LogP contribution < -0.4 is 0 Å². The number of Topliss-reactive ketones (excluding diaryl/α,β-unsaturated/α-hetero) is 1. The molecule has 1 aromatic heterocycles. The van der Waals surface area contributed by atoms with Gasteiger partial charge in [0.15, 0.2) is 11.7 Å². The Bertz CT molecular complexity index is 1650. The number of hydrogen-bond acceptors (Lipinski definition) is 6. The first-order chi connectivity index (χ1) is 20.2. The number of nitrogens with zero attached hydrogens (tertiary/aromatic N) is 3. The summed E-state index contributed by atoms with van der Waals surface area (Å²) >= 11 is 0. The van der Waals surface area contributed by atoms with E-state index in [9.17, 15) is 14.7 Å². The van der Waals surface area contributed by atoms with Gasteiger partial charge in [-0.3, -0.25) is 14.4 Å². The van der Waals surface area contributed by atoms with Crippen LogP contribution in [0.1, 0.15) is 69.2 Å². The SMILES string of the molecule is CCC(=O)c1cc2[nH]c(O)c(C(=Nc3ccc(C(=O)N(OC)C4CCN(C)CC4)c(C)c3)c3ccccc3)c2cc1C. The summed E-state index contributed by atoms with van der Waals surface area (Å²) in [5, 5.41) is 13.4. The van der Waals surface area contributed by atoms with E-state index in [1.54, 1.807) is 19.2 Å². The van der Waals surface area contributed by atoms with Gasteiger partial charge in [-0.1, -0.05) is 37.3 Å². The zero-order valence-electron chi connectivity index (χ0n) is 24.9. The number of aromatic hydroxyl groups is 1. The Labute approximate surface area is 246 Å². The molecule has 0 aliphatic carbocycles. The van der Waals surface area contributed by atoms with Crippen LogP contribution in [0.15, 0.2) is 65.7 Å². The molecule has 0 atom stereocenters. The van der Waals surface area contributed by atoms with Crippen LogP contribution in [-0.2, 0) is 4.84 Å². The molecule has 0 bridgehead atoms. The molecule has 0 unspecified atom stereocenters. The van der Waals surface area contributed by atoms with Crippen molar-refractivity contribution >= 4 is 34.0 Å². The van der Waals surface area contributed by atoms with Gasteiger partial charge in [0.1, 0.15) is 0 Å². The highest BCUT2D eigenvalue weighted by Crippen LogP contribution is 2.34. The highest BCUT2D eigenvalue weighted by Gasteiger charge is 2.29. The summed E-state index contributed by atoms with van der Waals surface area (Å²) < 4.78 is 0. The van der Waals surface area contributed by atoms with Gasteiger partial charge in [0.05, 0.1) is 30.1 Å². The lowest BCUT2D eigenvalue weighted by Crippen LogP contribution is -2.46. The number of piperidine rings is 1. The predicted molar refractivity (Wildman–Crippen MR) is 166 cm³/mol. The first-order valence-electron chi connectivity index (χ1n) is 14.4. The monoisotopic (exact) mass is 566 g/mol. The average molecular weight is 567 g/mol. The molecule has 0 radical (unpaired) electrons. The zero-order valence-corrected chi connectivity index (χ0v) is 24.9. The average Bonchev–Trinajstić information content (AvgIpc) is 3.30. The second-order valence-corrected chi connectivity index (χ2v) is 11.0. The fraction of sp³-hybridized carbons (Fsp3) is 0.324. The number of benzene rings is 3. The molecule has 4 aromatic rings. The number of aliphatic imine (C=N–C) groups is 1. The van der Waals surface area contributed by atoms with Crippen molar-refractivity contribution in [1.82, 2.24) is 14.9 Å². The number of nitrogens with one attached hydrogen (secondary N) is 1. The fourth-order valence-electron chi connectivity index (χ4n) is 5.76. The molecular weight excluding hydrogens is 528 g/mol. The lowest BCUT2D eigenvalue weighted by molar-refractivity contribution is -0.132. The number of likely N-dealkylation sites (tertiary alicyclic amines) is 1. The molecule has 5 rings (SSSR count). The van der Waals surface area contributed by atoms with Crippen LogP contribution in [0.3, 0.4) is 0 Å². The Morgan fingerprint density at radius 2 is 1.71 bits per heavy atom. The maximum absolute atomic E-state index is 13.5. The van der Waals surface area contributed by atoms with Crippen molar-refractivity contribution in [2.24, 2.45) is 4.99 Å². The predicted octanol–water partition coefficient (Wildman–Crippen LogP) is 6.35. The van der Waals surface area contributed by atoms with Crippen LogP contribution in [0.2, 0.25) is 0 Å². The smallest absolute Gasteiger partial charge is 0.277 e. The van der Waals surface area contributed by atoms with E-state index in [1.165, 1.54) is 5.06 Å². The van der Waals surface area contributed by atoms with E-state index in [4.69, 9.17) is 9.83 Å². The molecule has 8 nitrogen and oxygen atoms in total. The molecule has 0 spiro atoms. The zero-order chi connectivity index (χ0) is 30.0. The van der Waals surface area contributed by atoms with Crippen molar-refractivity contribution in [1.29, 1.82) is 0 Å². The molecule has 2 N–H and O–H groups in total. The number of aromatic amines is 1. The van der Waals surface area contributed by atoms with Crippen LogP contribution in [-0.4, -0.2) is 70.7 Å². The Hall–Kier alpha value is -4.27. The van der Waals surface area contributed by atoms with Gasteiger partial charge in [0.2, 0.25) is 0 Å². The standard InChI is InChI=1S/C34H38N4O4/c1-6-30(39)27-20-29-28(19-22(27)3)31(33(40)36-29)32(23-10-8-7-9-11-23)35-24-12-13-26(21(2)18-24)34(41)38(42-5)25-14-16-37(4)17-15-25/h7-13,18-20,25,36,40H,6,14-17H2,1-5H3. The molecule has 8 heteroatoms. The van der Waals surface area contributed by atoms with E-state index < -0.39 is 0 Å². The van der Waals surface area contributed by atoms with Gasteiger partial charge in [-0.15, -0.1) is 0 Å². The van der Waals surface area contributed by atoms with Gasteiger partial charge in [-0.05, 0) is 88.3 Å². The van der Waals surface area contributed by atoms with Crippen molar-refractivity contribution in [2.75, 3.05) is 27.2 Å². The number of aryl methyl sites for hydroxylation is 2. The molecule has 42 heavy (non-hydrogen) atoms. The van der Waals surface area contributed by atoms with Gasteiger partial charge in [-0.25, -0.2) is 10.1 Å². The first kappa shape index (κ1) is 29.2. The summed E-state index contributed by atoms with van der Waals surface area (Å²) in [5.74, 6) is -0.133. The van der Waals surface area contributed by atoms with Gasteiger partial charge in [0, 0.05) is 34.0 Å². The van der Waals surface area contributed by atoms with E-state index >= 15 is 0 Å². The normalized spacial score (nSPS) is 14.8. The second-order valence-electron chi connectivity index (χ2n) is 11.0. The van der Waals surface area contributed by atoms with E-state index in [-0.39, 0.29) is 23.6 Å². The van der Waals surface area contributed by atoms with Crippen molar-refractivity contribution < 1.29 is 19.5 Å². The molecule has 1 amide bonds. The third-order valence-electron chi connectivity index (χ3n) is 8.13. The van der Waals surface area contributed by atoms with Crippen molar-refractivity contribution in [3.8, 4) is 5.88 Å². The lowest BCUT2D eigenvalue weighted by Gasteiger charge is -2.35. The molecule has 2 heterocycles. The summed E-state index contributed by atoms with van der Waals surface area (Å²) in [4.78, 5) is 41.9. The molecule has 1 aliphatic heterocycles. The number of carbonyl (C=O) groups excluding carboxylic acids is 2. The molecule has 0 saturated carbocycles. The van der Waals surface area contributed by atoms with E-state index in [2.05, 4.69) is 16.9 Å². The Morgan fingerprint density at radius 1 is 1.02 bits per heavy atom. The largest absolute Gasteiger partial charge is 0.494 e. The number of H-pyrrole nitrogens is 1. The summed E-state index contributed by atoms with van der Waals surface area (Å²) in [7, 11) is 3.64. The Morgan fingerprint density at radius 3 is 2.36 bits per heavy atom. The summed E-state index contributed by atoms with van der Waals surface area (Å²) in [6.07, 6.45) is 2.12. The van der Waals surface area contributed by atoms with Crippen LogP contribution in [0.25, 0.3) is 10.9 Å². The number of ketones is 1. The lowest BCUT2D eigenvalue weighted by atomic mass is 9.96. The van der Waals surface area contributed by atoms with E-state index in [1.807, 2.05) is 69.3 Å². The van der Waals surface area contributed by atoms with Gasteiger partial charge in [-0.2, -0.15) is 0 Å². The fourth-order valence-corrected chi connectivity index (χ4v) is 5.76. The third-order valence-corrected chi connectivity index (χ3v) is 8.13. The van der Waals surface area contributed by atoms with E-state index in [0.29, 0.717) is 40.0 Å². The molecule has 3 aromatic carbocycles. The Balaban J connectivity index is 1.56. The second kappa shape index (κ2) is 12.3. The number of rotatable bonds is 8. The topological polar surface area (TPSA) is 98.2 Å². The number of carbonyl (C=O) groups is 2. The van der Waals surface area contributed by atoms with Crippen LogP contribution in [0.5, 0.6) is 5.88 Å². The Kier molecular flexibility index (Phi) is 8.56. The maximum Gasteiger partial charge on any atom is 0.277 e. The van der Waals surface area contributed by atoms with Crippen LogP contribution in [0, 0.1) is 13.8 Å². The van der Waals surface area contributed by atoms with Crippen molar-refractivity contribution in [2.45, 2.75) is 46.1 Å². The number of hydrogen-bond donors (Lipinski definition) is 2. The molecular formula is C34H38N4O4. The molecule has 1 fully saturated rings. The molecule has 1 saturated heterocycles. The van der Waals surface area contributed by atoms with Crippen LogP contribution >= 0.6 is 0 Å². The summed E-state index contributed by atoms with van der Waals surface area (Å²) in [5.41, 5.74) is 6.10. The van der Waals surface area contributed by atoms with Crippen LogP contribution in [0.4, 0.5) is 5.69 Å². The minimum absolute atomic E-state index is 0.0227. The highest BCUT2D eigenvalue weighted by atomic mass is 16.7. The first-order valence-corrected chi connectivity index (χ1v) is 14.4. The summed E-state index contributed by atoms with van der Waals surface area (Å²) in [6.45, 7) is 7.48. The number of aromatic nitrogens is 1. The molecule has 218 valence electrons. The number of amides is 1.